The zero-order valence-corrected chi connectivity index (χ0v) is 12.8. The third-order valence-electron chi connectivity index (χ3n) is 3.95. The molecule has 5 heteroatoms. The standard InChI is InChI=1S/C15H18BrNO3/c16-12-6-2-1-5-11(12)10-17-13(18)9-15(14(19)20)7-3-4-8-15/h1-2,5-6H,3-4,7-10H2,(H,17,18)(H,19,20). The molecule has 2 rings (SSSR count). The molecule has 20 heavy (non-hydrogen) atoms. The maximum Gasteiger partial charge on any atom is 0.310 e. The number of carboxylic acids is 1. The summed E-state index contributed by atoms with van der Waals surface area (Å²) >= 11 is 3.42. The summed E-state index contributed by atoms with van der Waals surface area (Å²) in [5, 5.41) is 12.2. The molecule has 108 valence electrons. The summed E-state index contributed by atoms with van der Waals surface area (Å²) in [7, 11) is 0. The fraction of sp³-hybridized carbons (Fsp3) is 0.467. The highest BCUT2D eigenvalue weighted by atomic mass is 79.9. The monoisotopic (exact) mass is 339 g/mol. The average Bonchev–Trinajstić information content (AvgIpc) is 2.88. The van der Waals surface area contributed by atoms with Crippen molar-refractivity contribution in [2.45, 2.75) is 38.6 Å². The van der Waals surface area contributed by atoms with Crippen molar-refractivity contribution in [2.75, 3.05) is 0 Å². The SMILES string of the molecule is O=C(CC1(C(=O)O)CCCC1)NCc1ccccc1Br. The highest BCUT2D eigenvalue weighted by molar-refractivity contribution is 9.10. The molecule has 0 aliphatic heterocycles. The first-order chi connectivity index (χ1) is 9.53. The molecule has 0 spiro atoms. The molecule has 0 aromatic heterocycles. The van der Waals surface area contributed by atoms with Crippen LogP contribution in [0.4, 0.5) is 0 Å². The Bertz CT molecular complexity index is 510. The highest BCUT2D eigenvalue weighted by Gasteiger charge is 2.42. The number of hydrogen-bond acceptors (Lipinski definition) is 2. The third-order valence-corrected chi connectivity index (χ3v) is 4.72. The van der Waals surface area contributed by atoms with E-state index in [-0.39, 0.29) is 12.3 Å². The van der Waals surface area contributed by atoms with E-state index < -0.39 is 11.4 Å². The fourth-order valence-electron chi connectivity index (χ4n) is 2.72. The quantitative estimate of drug-likeness (QED) is 0.866. The van der Waals surface area contributed by atoms with E-state index in [4.69, 9.17) is 0 Å². The van der Waals surface area contributed by atoms with Crippen molar-refractivity contribution in [3.05, 3.63) is 34.3 Å². The summed E-state index contributed by atoms with van der Waals surface area (Å²) in [6, 6.07) is 7.65. The molecule has 0 bridgehead atoms. The Balaban J connectivity index is 1.92. The van der Waals surface area contributed by atoms with Crippen molar-refractivity contribution < 1.29 is 14.7 Å². The van der Waals surface area contributed by atoms with E-state index in [1.165, 1.54) is 0 Å². The Morgan fingerprint density at radius 3 is 2.50 bits per heavy atom. The van der Waals surface area contributed by atoms with Crippen LogP contribution in [0.15, 0.2) is 28.7 Å². The Labute approximate surface area is 126 Å². The molecule has 2 N–H and O–H groups in total. The number of carbonyl (C=O) groups excluding carboxylic acids is 1. The number of carboxylic acid groups (broad SMARTS) is 1. The van der Waals surface area contributed by atoms with E-state index in [0.717, 1.165) is 22.9 Å². The van der Waals surface area contributed by atoms with E-state index in [0.29, 0.717) is 19.4 Å². The van der Waals surface area contributed by atoms with E-state index in [1.807, 2.05) is 24.3 Å². The minimum Gasteiger partial charge on any atom is -0.481 e. The normalized spacial score (nSPS) is 16.9. The van der Waals surface area contributed by atoms with Crippen LogP contribution >= 0.6 is 15.9 Å². The second-order valence-corrected chi connectivity index (χ2v) is 6.19. The molecule has 1 aliphatic carbocycles. The molecule has 0 saturated heterocycles. The van der Waals surface area contributed by atoms with Crippen LogP contribution in [0.25, 0.3) is 0 Å². The van der Waals surface area contributed by atoms with Crippen molar-refractivity contribution in [1.82, 2.24) is 5.32 Å². The van der Waals surface area contributed by atoms with Crippen LogP contribution in [0, 0.1) is 5.41 Å². The minimum atomic E-state index is -0.849. The summed E-state index contributed by atoms with van der Waals surface area (Å²) < 4.78 is 0.939. The topological polar surface area (TPSA) is 66.4 Å². The first-order valence-corrected chi connectivity index (χ1v) is 7.56. The van der Waals surface area contributed by atoms with Gasteiger partial charge in [-0.05, 0) is 24.5 Å². The Hall–Kier alpha value is -1.36. The van der Waals surface area contributed by atoms with Crippen LogP contribution in [-0.4, -0.2) is 17.0 Å². The van der Waals surface area contributed by atoms with Crippen molar-refractivity contribution in [1.29, 1.82) is 0 Å². The summed E-state index contributed by atoms with van der Waals surface area (Å²) in [4.78, 5) is 23.4. The van der Waals surface area contributed by atoms with E-state index in [1.54, 1.807) is 0 Å². The fourth-order valence-corrected chi connectivity index (χ4v) is 3.15. The van der Waals surface area contributed by atoms with Gasteiger partial charge in [-0.1, -0.05) is 47.0 Å². The Morgan fingerprint density at radius 2 is 1.90 bits per heavy atom. The summed E-state index contributed by atoms with van der Waals surface area (Å²) in [5.74, 6) is -1.03. The lowest BCUT2D eigenvalue weighted by Gasteiger charge is -2.22. The lowest BCUT2D eigenvalue weighted by atomic mass is 9.82. The van der Waals surface area contributed by atoms with Gasteiger partial charge < -0.3 is 10.4 Å². The largest absolute Gasteiger partial charge is 0.481 e. The van der Waals surface area contributed by atoms with Crippen molar-refractivity contribution >= 4 is 27.8 Å². The van der Waals surface area contributed by atoms with Gasteiger partial charge in [0.05, 0.1) is 5.41 Å². The molecule has 1 aromatic carbocycles. The number of nitrogens with one attached hydrogen (secondary N) is 1. The van der Waals surface area contributed by atoms with E-state index in [9.17, 15) is 14.7 Å². The Morgan fingerprint density at radius 1 is 1.25 bits per heavy atom. The number of halogens is 1. The van der Waals surface area contributed by atoms with Crippen molar-refractivity contribution in [2.24, 2.45) is 5.41 Å². The van der Waals surface area contributed by atoms with Crippen molar-refractivity contribution in [3.63, 3.8) is 0 Å². The molecule has 1 aromatic rings. The minimum absolute atomic E-state index is 0.0762. The lowest BCUT2D eigenvalue weighted by molar-refractivity contribution is -0.151. The summed E-state index contributed by atoms with van der Waals surface area (Å²) in [5.41, 5.74) is 0.134. The molecule has 1 aliphatic rings. The number of carbonyl (C=O) groups is 2. The molecule has 0 radical (unpaired) electrons. The smallest absolute Gasteiger partial charge is 0.310 e. The van der Waals surface area contributed by atoms with Gasteiger partial charge in [0.15, 0.2) is 0 Å². The number of amides is 1. The molecule has 1 saturated carbocycles. The maximum atomic E-state index is 12.0. The number of rotatable bonds is 5. The van der Waals surface area contributed by atoms with Crippen LogP contribution in [0.2, 0.25) is 0 Å². The maximum absolute atomic E-state index is 12.0. The van der Waals surface area contributed by atoms with Gasteiger partial charge >= 0.3 is 5.97 Å². The summed E-state index contributed by atoms with van der Waals surface area (Å²) in [6.45, 7) is 0.413. The van der Waals surface area contributed by atoms with Gasteiger partial charge in [0.25, 0.3) is 0 Å². The van der Waals surface area contributed by atoms with Gasteiger partial charge in [-0.25, -0.2) is 0 Å². The van der Waals surface area contributed by atoms with Gasteiger partial charge in [-0.15, -0.1) is 0 Å². The first kappa shape index (κ1) is 15.0. The molecule has 0 heterocycles. The molecule has 0 atom stereocenters. The zero-order valence-electron chi connectivity index (χ0n) is 11.2. The number of hydrogen-bond donors (Lipinski definition) is 2. The molecule has 0 unspecified atom stereocenters. The van der Waals surface area contributed by atoms with Crippen LogP contribution in [0.3, 0.4) is 0 Å². The highest BCUT2D eigenvalue weighted by Crippen LogP contribution is 2.41. The van der Waals surface area contributed by atoms with E-state index >= 15 is 0 Å². The zero-order chi connectivity index (χ0) is 14.6. The van der Waals surface area contributed by atoms with Gasteiger partial charge in [0.1, 0.15) is 0 Å². The second kappa shape index (κ2) is 6.39. The van der Waals surface area contributed by atoms with Crippen LogP contribution in [-0.2, 0) is 16.1 Å². The van der Waals surface area contributed by atoms with Crippen molar-refractivity contribution in [3.8, 4) is 0 Å². The molecule has 4 nitrogen and oxygen atoms in total. The van der Waals surface area contributed by atoms with Crippen LogP contribution in [0.1, 0.15) is 37.7 Å². The predicted molar refractivity (Wildman–Crippen MR) is 79.1 cm³/mol. The van der Waals surface area contributed by atoms with Crippen LogP contribution in [0.5, 0.6) is 0 Å². The third kappa shape index (κ3) is 3.39. The Kier molecular flexibility index (Phi) is 4.81. The number of aliphatic carboxylic acids is 1. The van der Waals surface area contributed by atoms with Gasteiger partial charge in [0.2, 0.25) is 5.91 Å². The first-order valence-electron chi connectivity index (χ1n) is 6.77. The average molecular weight is 340 g/mol. The predicted octanol–water partition coefficient (Wildman–Crippen LogP) is 3.10. The molecule has 1 fully saturated rings. The van der Waals surface area contributed by atoms with Gasteiger partial charge in [-0.2, -0.15) is 0 Å². The molecular formula is C15H18BrNO3. The van der Waals surface area contributed by atoms with E-state index in [2.05, 4.69) is 21.2 Å². The van der Waals surface area contributed by atoms with Crippen LogP contribution < -0.4 is 5.32 Å². The summed E-state index contributed by atoms with van der Waals surface area (Å²) in [6.07, 6.45) is 3.07. The lowest BCUT2D eigenvalue weighted by Crippen LogP contribution is -2.35. The van der Waals surface area contributed by atoms with Gasteiger partial charge in [-0.3, -0.25) is 9.59 Å². The molecular weight excluding hydrogens is 322 g/mol. The second-order valence-electron chi connectivity index (χ2n) is 5.34. The van der Waals surface area contributed by atoms with Gasteiger partial charge in [0, 0.05) is 17.4 Å². The molecule has 1 amide bonds. The number of benzene rings is 1.